The highest BCUT2D eigenvalue weighted by Gasteiger charge is 2.68. The first kappa shape index (κ1) is 13.4. The van der Waals surface area contributed by atoms with Crippen molar-refractivity contribution in [2.24, 2.45) is 5.41 Å². The Morgan fingerprint density at radius 2 is 1.75 bits per heavy atom. The second-order valence-corrected chi connectivity index (χ2v) is 5.27. The van der Waals surface area contributed by atoms with Gasteiger partial charge in [-0.05, 0) is 12.3 Å². The van der Waals surface area contributed by atoms with Crippen LogP contribution in [0.1, 0.15) is 34.1 Å². The third-order valence-electron chi connectivity index (χ3n) is 3.18. The fraction of sp³-hybridized carbons (Fsp3) is 0.900. The molecule has 0 radical (unpaired) electrons. The Bertz CT molecular complexity index is 318. The minimum atomic E-state index is -4.97. The van der Waals surface area contributed by atoms with Crippen molar-refractivity contribution in [1.82, 2.24) is 0 Å². The molecule has 0 aromatic rings. The molecule has 1 heterocycles. The van der Waals surface area contributed by atoms with Gasteiger partial charge in [0.05, 0.1) is 6.42 Å². The number of carbonyl (C=O) groups is 1. The smallest absolute Gasteiger partial charge is 0.358 e. The number of alkyl halides is 3. The molecule has 1 rings (SSSR count). The van der Waals surface area contributed by atoms with Gasteiger partial charge in [0, 0.05) is 0 Å². The van der Waals surface area contributed by atoms with Gasteiger partial charge in [-0.2, -0.15) is 13.2 Å². The van der Waals surface area contributed by atoms with Crippen molar-refractivity contribution in [3.05, 3.63) is 0 Å². The van der Waals surface area contributed by atoms with E-state index in [1.54, 1.807) is 20.8 Å². The van der Waals surface area contributed by atoms with Crippen LogP contribution in [0.2, 0.25) is 0 Å². The van der Waals surface area contributed by atoms with Crippen molar-refractivity contribution in [2.75, 3.05) is 0 Å². The Balaban J connectivity index is 3.13. The van der Waals surface area contributed by atoms with Crippen molar-refractivity contribution in [1.29, 1.82) is 0 Å². The van der Waals surface area contributed by atoms with Crippen LogP contribution in [-0.4, -0.2) is 28.5 Å². The van der Waals surface area contributed by atoms with Crippen LogP contribution in [0.4, 0.5) is 13.2 Å². The molecular formula is C10H15F3O3. The number of hydrogen-bond donors (Lipinski definition) is 1. The van der Waals surface area contributed by atoms with E-state index in [-0.39, 0.29) is 0 Å². The van der Waals surface area contributed by atoms with Crippen molar-refractivity contribution in [2.45, 2.75) is 51.7 Å². The zero-order valence-corrected chi connectivity index (χ0v) is 9.60. The minimum absolute atomic E-state index is 0.736. The summed E-state index contributed by atoms with van der Waals surface area (Å²) in [5, 5.41) is 9.33. The van der Waals surface area contributed by atoms with Crippen LogP contribution in [0, 0.1) is 5.41 Å². The largest absolute Gasteiger partial charge is 0.443 e. The lowest BCUT2D eigenvalue weighted by molar-refractivity contribution is -0.374. The molecule has 16 heavy (non-hydrogen) atoms. The van der Waals surface area contributed by atoms with E-state index in [2.05, 4.69) is 4.74 Å². The molecule has 0 aliphatic carbocycles. The van der Waals surface area contributed by atoms with E-state index in [1.807, 2.05) is 0 Å². The lowest BCUT2D eigenvalue weighted by atomic mass is 9.75. The highest BCUT2D eigenvalue weighted by atomic mass is 19.4. The molecule has 0 amide bonds. The molecule has 1 fully saturated rings. The zero-order valence-electron chi connectivity index (χ0n) is 9.60. The maximum absolute atomic E-state index is 12.5. The zero-order chi connectivity index (χ0) is 13.0. The average Bonchev–Trinajstić information content (AvgIpc) is 2.21. The van der Waals surface area contributed by atoms with Gasteiger partial charge in [0.2, 0.25) is 0 Å². The monoisotopic (exact) mass is 240 g/mol. The topological polar surface area (TPSA) is 46.5 Å². The Morgan fingerprint density at radius 1 is 1.31 bits per heavy atom. The van der Waals surface area contributed by atoms with E-state index in [0.29, 0.717) is 0 Å². The summed E-state index contributed by atoms with van der Waals surface area (Å²) in [5.74, 6) is -4.09. The highest BCUT2D eigenvalue weighted by molar-refractivity contribution is 5.90. The summed E-state index contributed by atoms with van der Waals surface area (Å²) in [6.07, 6.45) is -6.02. The van der Waals surface area contributed by atoms with Crippen LogP contribution in [0.25, 0.3) is 0 Å². The molecule has 3 nitrogen and oxygen atoms in total. The number of halogens is 3. The lowest BCUT2D eigenvalue weighted by Crippen LogP contribution is -2.50. The molecule has 0 aromatic carbocycles. The molecular weight excluding hydrogens is 225 g/mol. The average molecular weight is 240 g/mol. The first-order valence-corrected chi connectivity index (χ1v) is 4.86. The highest BCUT2D eigenvalue weighted by Crippen LogP contribution is 2.49. The van der Waals surface area contributed by atoms with E-state index >= 15 is 0 Å². The Kier molecular flexibility index (Phi) is 2.69. The predicted octanol–water partition coefficient (Wildman–Crippen LogP) is 2.03. The Labute approximate surface area is 91.6 Å². The number of ketones is 1. The van der Waals surface area contributed by atoms with Crippen LogP contribution in [0.5, 0.6) is 0 Å². The summed E-state index contributed by atoms with van der Waals surface area (Å²) in [6.45, 7) is 6.05. The normalized spacial score (nSPS) is 36.9. The molecule has 1 aliphatic rings. The Hall–Kier alpha value is -0.620. The van der Waals surface area contributed by atoms with Crippen molar-refractivity contribution in [3.63, 3.8) is 0 Å². The summed E-state index contributed by atoms with van der Waals surface area (Å²) in [7, 11) is 0. The van der Waals surface area contributed by atoms with Gasteiger partial charge < -0.3 is 9.84 Å². The molecule has 0 unspecified atom stereocenters. The minimum Gasteiger partial charge on any atom is -0.358 e. The van der Waals surface area contributed by atoms with E-state index in [9.17, 15) is 23.1 Å². The van der Waals surface area contributed by atoms with E-state index in [0.717, 1.165) is 0 Å². The number of Topliss-reactive ketones (excluding diaryl/α,β-unsaturated/α-hetero) is 1. The first-order chi connectivity index (χ1) is 6.83. The fourth-order valence-corrected chi connectivity index (χ4v) is 1.55. The van der Waals surface area contributed by atoms with Gasteiger partial charge in [-0.15, -0.1) is 0 Å². The van der Waals surface area contributed by atoms with Crippen LogP contribution in [-0.2, 0) is 9.53 Å². The molecule has 0 saturated carbocycles. The molecule has 0 bridgehead atoms. The Morgan fingerprint density at radius 3 is 1.94 bits per heavy atom. The van der Waals surface area contributed by atoms with Crippen LogP contribution >= 0.6 is 0 Å². The van der Waals surface area contributed by atoms with E-state index < -0.39 is 35.2 Å². The van der Waals surface area contributed by atoms with Crippen molar-refractivity contribution >= 4 is 5.78 Å². The SMILES string of the molecule is CC(C)(C)[C@]1(C)O[C@](O)(C(F)(F)F)CC1=O. The molecule has 0 aromatic heterocycles. The van der Waals surface area contributed by atoms with Crippen LogP contribution in [0.15, 0.2) is 0 Å². The number of ether oxygens (including phenoxy) is 1. The molecule has 1 aliphatic heterocycles. The van der Waals surface area contributed by atoms with Gasteiger partial charge in [-0.25, -0.2) is 0 Å². The second-order valence-electron chi connectivity index (χ2n) is 5.27. The van der Waals surface area contributed by atoms with Gasteiger partial charge in [0.15, 0.2) is 5.78 Å². The standard InChI is InChI=1S/C10H15F3O3/c1-7(2,3)8(4)6(14)5-9(15,16-8)10(11,12)13/h15H,5H2,1-4H3/t8-,9+/m1/s1. The summed E-state index contributed by atoms with van der Waals surface area (Å²) >= 11 is 0. The molecule has 6 heteroatoms. The van der Waals surface area contributed by atoms with E-state index in [4.69, 9.17) is 0 Å². The molecule has 2 atom stereocenters. The first-order valence-electron chi connectivity index (χ1n) is 4.86. The van der Waals surface area contributed by atoms with Crippen molar-refractivity contribution < 1.29 is 27.8 Å². The third-order valence-corrected chi connectivity index (χ3v) is 3.18. The summed E-state index contributed by atoms with van der Waals surface area (Å²) in [5.41, 5.74) is -2.45. The molecule has 94 valence electrons. The molecule has 1 N–H and O–H groups in total. The van der Waals surface area contributed by atoms with Gasteiger partial charge >= 0.3 is 6.18 Å². The molecule has 1 saturated heterocycles. The maximum atomic E-state index is 12.5. The fourth-order valence-electron chi connectivity index (χ4n) is 1.55. The number of hydrogen-bond acceptors (Lipinski definition) is 3. The predicted molar refractivity (Wildman–Crippen MR) is 49.6 cm³/mol. The summed E-state index contributed by atoms with van der Waals surface area (Å²) in [6, 6.07) is 0. The van der Waals surface area contributed by atoms with Gasteiger partial charge in [0.25, 0.3) is 5.79 Å². The van der Waals surface area contributed by atoms with Crippen LogP contribution < -0.4 is 0 Å². The van der Waals surface area contributed by atoms with Crippen LogP contribution in [0.3, 0.4) is 0 Å². The number of rotatable bonds is 0. The lowest BCUT2D eigenvalue weighted by Gasteiger charge is -2.38. The number of aliphatic hydroxyl groups is 1. The summed E-state index contributed by atoms with van der Waals surface area (Å²) < 4.78 is 42.2. The third kappa shape index (κ3) is 1.73. The van der Waals surface area contributed by atoms with Gasteiger partial charge in [-0.3, -0.25) is 4.79 Å². The van der Waals surface area contributed by atoms with Gasteiger partial charge in [0.1, 0.15) is 5.60 Å². The quantitative estimate of drug-likeness (QED) is 0.704. The molecule has 0 spiro atoms. The number of carbonyl (C=O) groups excluding carboxylic acids is 1. The van der Waals surface area contributed by atoms with E-state index in [1.165, 1.54) is 6.92 Å². The van der Waals surface area contributed by atoms with Gasteiger partial charge in [-0.1, -0.05) is 20.8 Å². The van der Waals surface area contributed by atoms with Crippen molar-refractivity contribution in [3.8, 4) is 0 Å². The maximum Gasteiger partial charge on any atom is 0.443 e. The summed E-state index contributed by atoms with van der Waals surface area (Å²) in [4.78, 5) is 11.6. The second kappa shape index (κ2) is 3.20.